The van der Waals surface area contributed by atoms with E-state index in [0.717, 1.165) is 19.3 Å². The molecule has 0 aromatic carbocycles. The fourth-order valence-corrected chi connectivity index (χ4v) is 1.54. The SMILES string of the molecule is COCOCC[C@H](C#N)CC[C@H]1O[C@H]1C. The molecule has 4 heteroatoms. The van der Waals surface area contributed by atoms with E-state index in [9.17, 15) is 0 Å². The van der Waals surface area contributed by atoms with E-state index < -0.39 is 0 Å². The van der Waals surface area contributed by atoms with Crippen molar-refractivity contribution in [1.29, 1.82) is 5.26 Å². The fourth-order valence-electron chi connectivity index (χ4n) is 1.54. The molecule has 3 atom stereocenters. The third-order valence-corrected chi connectivity index (χ3v) is 2.63. The Kier molecular flexibility index (Phi) is 5.62. The second kappa shape index (κ2) is 6.78. The zero-order valence-electron chi connectivity index (χ0n) is 9.44. The van der Waals surface area contributed by atoms with Gasteiger partial charge >= 0.3 is 0 Å². The van der Waals surface area contributed by atoms with Gasteiger partial charge in [0.25, 0.3) is 0 Å². The van der Waals surface area contributed by atoms with Crippen molar-refractivity contribution >= 4 is 0 Å². The molecule has 1 aliphatic heterocycles. The molecule has 86 valence electrons. The number of methoxy groups -OCH3 is 1. The van der Waals surface area contributed by atoms with Crippen molar-refractivity contribution < 1.29 is 14.2 Å². The average Bonchev–Trinajstić information content (AvgIpc) is 2.94. The molecule has 0 aliphatic carbocycles. The van der Waals surface area contributed by atoms with Crippen molar-refractivity contribution in [1.82, 2.24) is 0 Å². The minimum absolute atomic E-state index is 0.0817. The Morgan fingerprint density at radius 2 is 2.20 bits per heavy atom. The lowest BCUT2D eigenvalue weighted by Gasteiger charge is -2.07. The molecule has 1 fully saturated rings. The van der Waals surface area contributed by atoms with Crippen LogP contribution in [0.25, 0.3) is 0 Å². The van der Waals surface area contributed by atoms with Gasteiger partial charge in [-0.3, -0.25) is 0 Å². The molecule has 0 N–H and O–H groups in total. The van der Waals surface area contributed by atoms with Crippen molar-refractivity contribution in [3.63, 3.8) is 0 Å². The molecule has 1 saturated heterocycles. The Labute approximate surface area is 91.1 Å². The maximum atomic E-state index is 8.90. The molecule has 0 saturated carbocycles. The number of ether oxygens (including phenoxy) is 3. The summed E-state index contributed by atoms with van der Waals surface area (Å²) in [4.78, 5) is 0. The number of hydrogen-bond acceptors (Lipinski definition) is 4. The Morgan fingerprint density at radius 3 is 2.73 bits per heavy atom. The molecule has 1 heterocycles. The molecule has 0 aromatic heterocycles. The lowest BCUT2D eigenvalue weighted by Crippen LogP contribution is -2.06. The van der Waals surface area contributed by atoms with Gasteiger partial charge in [-0.15, -0.1) is 0 Å². The van der Waals surface area contributed by atoms with Crippen molar-refractivity contribution in [2.75, 3.05) is 20.5 Å². The van der Waals surface area contributed by atoms with Crippen LogP contribution in [-0.2, 0) is 14.2 Å². The third-order valence-electron chi connectivity index (χ3n) is 2.63. The highest BCUT2D eigenvalue weighted by Gasteiger charge is 2.33. The molecule has 0 radical (unpaired) electrons. The lowest BCUT2D eigenvalue weighted by molar-refractivity contribution is -0.0333. The van der Waals surface area contributed by atoms with Gasteiger partial charge in [-0.2, -0.15) is 5.26 Å². The average molecular weight is 213 g/mol. The minimum atomic E-state index is 0.0817. The van der Waals surface area contributed by atoms with Crippen molar-refractivity contribution in [2.24, 2.45) is 5.92 Å². The van der Waals surface area contributed by atoms with E-state index in [1.165, 1.54) is 0 Å². The summed E-state index contributed by atoms with van der Waals surface area (Å²) in [5.41, 5.74) is 0. The molecular formula is C11H19NO3. The largest absolute Gasteiger partial charge is 0.370 e. The van der Waals surface area contributed by atoms with Gasteiger partial charge in [-0.05, 0) is 26.2 Å². The Balaban J connectivity index is 2.00. The molecule has 4 nitrogen and oxygen atoms in total. The van der Waals surface area contributed by atoms with Gasteiger partial charge in [0, 0.05) is 13.0 Å². The van der Waals surface area contributed by atoms with E-state index in [2.05, 4.69) is 13.0 Å². The van der Waals surface area contributed by atoms with Crippen LogP contribution in [-0.4, -0.2) is 32.7 Å². The summed E-state index contributed by atoms with van der Waals surface area (Å²) < 4.78 is 15.2. The van der Waals surface area contributed by atoms with Gasteiger partial charge in [0.05, 0.1) is 24.9 Å². The number of rotatable bonds is 8. The summed E-state index contributed by atoms with van der Waals surface area (Å²) in [6, 6.07) is 2.30. The van der Waals surface area contributed by atoms with Crippen molar-refractivity contribution in [2.45, 2.75) is 38.4 Å². The van der Waals surface area contributed by atoms with E-state index >= 15 is 0 Å². The first-order valence-corrected chi connectivity index (χ1v) is 5.39. The van der Waals surface area contributed by atoms with Crippen molar-refractivity contribution in [3.05, 3.63) is 0 Å². The monoisotopic (exact) mass is 213 g/mol. The molecular weight excluding hydrogens is 194 g/mol. The molecule has 0 bridgehead atoms. The van der Waals surface area contributed by atoms with Crippen LogP contribution in [0.15, 0.2) is 0 Å². The van der Waals surface area contributed by atoms with Gasteiger partial charge in [0.1, 0.15) is 6.79 Å². The smallest absolute Gasteiger partial charge is 0.146 e. The highest BCUT2D eigenvalue weighted by Crippen LogP contribution is 2.27. The van der Waals surface area contributed by atoms with E-state index in [0.29, 0.717) is 25.6 Å². The van der Waals surface area contributed by atoms with Crippen LogP contribution >= 0.6 is 0 Å². The van der Waals surface area contributed by atoms with Crippen LogP contribution in [0.4, 0.5) is 0 Å². The molecule has 1 aliphatic rings. The summed E-state index contributed by atoms with van der Waals surface area (Å²) >= 11 is 0. The first kappa shape index (κ1) is 12.4. The topological polar surface area (TPSA) is 54.8 Å². The predicted molar refractivity (Wildman–Crippen MR) is 55.1 cm³/mol. The normalized spacial score (nSPS) is 25.9. The van der Waals surface area contributed by atoms with Crippen LogP contribution in [0.2, 0.25) is 0 Å². The number of epoxide rings is 1. The van der Waals surface area contributed by atoms with Gasteiger partial charge in [0.2, 0.25) is 0 Å². The maximum absolute atomic E-state index is 8.90. The zero-order valence-corrected chi connectivity index (χ0v) is 9.44. The van der Waals surface area contributed by atoms with E-state index in [-0.39, 0.29) is 5.92 Å². The summed E-state index contributed by atoms with van der Waals surface area (Å²) in [5, 5.41) is 8.90. The summed E-state index contributed by atoms with van der Waals surface area (Å²) in [6.07, 6.45) is 3.46. The first-order valence-electron chi connectivity index (χ1n) is 5.39. The summed E-state index contributed by atoms with van der Waals surface area (Å²) in [5.74, 6) is 0.0817. The molecule has 0 amide bonds. The quantitative estimate of drug-likeness (QED) is 0.350. The Bertz CT molecular complexity index is 214. The molecule has 0 unspecified atom stereocenters. The number of nitriles is 1. The fraction of sp³-hybridized carbons (Fsp3) is 0.909. The first-order chi connectivity index (χ1) is 7.27. The van der Waals surface area contributed by atoms with Crippen LogP contribution < -0.4 is 0 Å². The highest BCUT2D eigenvalue weighted by molar-refractivity contribution is 4.87. The summed E-state index contributed by atoms with van der Waals surface area (Å²) in [7, 11) is 1.59. The van der Waals surface area contributed by atoms with E-state index in [1.807, 2.05) is 0 Å². The third kappa shape index (κ3) is 5.12. The van der Waals surface area contributed by atoms with Gasteiger partial charge in [-0.1, -0.05) is 0 Å². The summed E-state index contributed by atoms with van der Waals surface area (Å²) in [6.45, 7) is 2.96. The standard InChI is InChI=1S/C11H19NO3/c1-9-11(15-9)4-3-10(7-12)5-6-14-8-13-2/h9-11H,3-6,8H2,1-2H3/t9-,10+,11+/m0/s1. The van der Waals surface area contributed by atoms with E-state index in [4.69, 9.17) is 19.5 Å². The highest BCUT2D eigenvalue weighted by atomic mass is 16.7. The predicted octanol–water partition coefficient (Wildman–Crippen LogP) is 1.70. The zero-order chi connectivity index (χ0) is 11.1. The minimum Gasteiger partial charge on any atom is -0.370 e. The Morgan fingerprint density at radius 1 is 1.47 bits per heavy atom. The molecule has 15 heavy (non-hydrogen) atoms. The second-order valence-corrected chi connectivity index (χ2v) is 3.89. The molecule has 1 rings (SSSR count). The van der Waals surface area contributed by atoms with Crippen LogP contribution in [0.3, 0.4) is 0 Å². The van der Waals surface area contributed by atoms with Gasteiger partial charge < -0.3 is 14.2 Å². The molecule has 0 aromatic rings. The number of hydrogen-bond donors (Lipinski definition) is 0. The van der Waals surface area contributed by atoms with Crippen molar-refractivity contribution in [3.8, 4) is 6.07 Å². The van der Waals surface area contributed by atoms with Crippen LogP contribution in [0, 0.1) is 17.2 Å². The number of nitrogens with zero attached hydrogens (tertiary/aromatic N) is 1. The maximum Gasteiger partial charge on any atom is 0.146 e. The second-order valence-electron chi connectivity index (χ2n) is 3.89. The lowest BCUT2D eigenvalue weighted by atomic mass is 10.00. The molecule has 0 spiro atoms. The van der Waals surface area contributed by atoms with Crippen LogP contribution in [0.5, 0.6) is 0 Å². The van der Waals surface area contributed by atoms with Gasteiger partial charge in [0.15, 0.2) is 0 Å². The van der Waals surface area contributed by atoms with E-state index in [1.54, 1.807) is 7.11 Å². The van der Waals surface area contributed by atoms with Gasteiger partial charge in [-0.25, -0.2) is 0 Å². The Hall–Kier alpha value is -0.630. The van der Waals surface area contributed by atoms with Crippen LogP contribution in [0.1, 0.15) is 26.2 Å².